The molecule has 1 atom stereocenters. The van der Waals surface area contributed by atoms with Crippen molar-refractivity contribution in [3.8, 4) is 0 Å². The smallest absolute Gasteiger partial charge is 0.303 e. The molecule has 0 saturated carbocycles. The number of piperidine rings is 1. The third kappa shape index (κ3) is 3.52. The van der Waals surface area contributed by atoms with E-state index in [1.165, 1.54) is 0 Å². The van der Waals surface area contributed by atoms with Crippen LogP contribution in [0.1, 0.15) is 42.5 Å². The highest BCUT2D eigenvalue weighted by Gasteiger charge is 2.27. The lowest BCUT2D eigenvalue weighted by atomic mass is 9.96. The largest absolute Gasteiger partial charge is 0.481 e. The molecule has 1 N–H and O–H groups in total. The zero-order valence-electron chi connectivity index (χ0n) is 13.1. The zero-order chi connectivity index (χ0) is 16.2. The maximum absolute atomic E-state index is 12.9. The Morgan fingerprint density at radius 2 is 1.87 bits per heavy atom. The summed E-state index contributed by atoms with van der Waals surface area (Å²) >= 11 is 0. The Bertz CT molecular complexity index is 725. The molecule has 0 spiro atoms. The van der Waals surface area contributed by atoms with Gasteiger partial charge in [0.05, 0.1) is 0 Å². The number of aliphatic carboxylic acids is 1. The van der Waals surface area contributed by atoms with Crippen LogP contribution in [-0.2, 0) is 4.79 Å². The van der Waals surface area contributed by atoms with Gasteiger partial charge in [-0.25, -0.2) is 0 Å². The number of rotatable bonds is 4. The van der Waals surface area contributed by atoms with Crippen LogP contribution in [0.15, 0.2) is 42.5 Å². The molecule has 0 radical (unpaired) electrons. The van der Waals surface area contributed by atoms with Crippen LogP contribution in [0, 0.1) is 0 Å². The molecule has 120 valence electrons. The van der Waals surface area contributed by atoms with Gasteiger partial charge in [0, 0.05) is 24.6 Å². The fraction of sp³-hybridized carbons (Fsp3) is 0.368. The van der Waals surface area contributed by atoms with E-state index in [1.54, 1.807) is 0 Å². The van der Waals surface area contributed by atoms with Gasteiger partial charge < -0.3 is 10.0 Å². The van der Waals surface area contributed by atoms with Crippen LogP contribution in [0.3, 0.4) is 0 Å². The normalized spacial score (nSPS) is 18.1. The van der Waals surface area contributed by atoms with Crippen LogP contribution in [-0.4, -0.2) is 34.5 Å². The molecule has 1 fully saturated rings. The molecular formula is C19H21NO3. The van der Waals surface area contributed by atoms with Gasteiger partial charge in [0.15, 0.2) is 0 Å². The monoisotopic (exact) mass is 311 g/mol. The van der Waals surface area contributed by atoms with Crippen molar-refractivity contribution in [2.75, 3.05) is 6.54 Å². The highest BCUT2D eigenvalue weighted by atomic mass is 16.4. The number of benzene rings is 2. The van der Waals surface area contributed by atoms with Crippen LogP contribution in [0.5, 0.6) is 0 Å². The van der Waals surface area contributed by atoms with Crippen molar-refractivity contribution in [3.05, 3.63) is 48.0 Å². The van der Waals surface area contributed by atoms with Crippen molar-refractivity contribution in [1.29, 1.82) is 0 Å². The lowest BCUT2D eigenvalue weighted by Crippen LogP contribution is -2.43. The fourth-order valence-electron chi connectivity index (χ4n) is 3.35. The van der Waals surface area contributed by atoms with E-state index in [9.17, 15) is 9.59 Å². The van der Waals surface area contributed by atoms with Crippen molar-refractivity contribution >= 4 is 22.6 Å². The number of nitrogens with zero attached hydrogens (tertiary/aromatic N) is 1. The predicted octanol–water partition coefficient (Wildman–Crippen LogP) is 3.70. The second-order valence-electron chi connectivity index (χ2n) is 6.14. The molecule has 1 heterocycles. The number of fused-ring (bicyclic) bond motifs is 1. The zero-order valence-corrected chi connectivity index (χ0v) is 13.1. The summed E-state index contributed by atoms with van der Waals surface area (Å²) in [7, 11) is 0. The Balaban J connectivity index is 1.81. The van der Waals surface area contributed by atoms with Gasteiger partial charge in [-0.2, -0.15) is 0 Å². The van der Waals surface area contributed by atoms with E-state index >= 15 is 0 Å². The Morgan fingerprint density at radius 3 is 2.65 bits per heavy atom. The first-order valence-electron chi connectivity index (χ1n) is 8.17. The molecule has 2 aromatic rings. The standard InChI is InChI=1S/C19H21NO3/c21-18(22)11-10-17-7-3-4-12-20(17)19(23)16-9-8-14-5-1-2-6-15(14)13-16/h1-2,5-6,8-9,13,17H,3-4,7,10-12H2,(H,21,22). The molecule has 0 aromatic heterocycles. The maximum Gasteiger partial charge on any atom is 0.303 e. The van der Waals surface area contributed by atoms with Crippen LogP contribution in [0.4, 0.5) is 0 Å². The number of likely N-dealkylation sites (tertiary alicyclic amines) is 1. The minimum Gasteiger partial charge on any atom is -0.481 e. The summed E-state index contributed by atoms with van der Waals surface area (Å²) in [5.74, 6) is -0.778. The second-order valence-corrected chi connectivity index (χ2v) is 6.14. The molecule has 2 aromatic carbocycles. The minimum atomic E-state index is -0.798. The van der Waals surface area contributed by atoms with Gasteiger partial charge in [0.2, 0.25) is 0 Å². The van der Waals surface area contributed by atoms with E-state index in [-0.39, 0.29) is 18.4 Å². The molecule has 4 heteroatoms. The summed E-state index contributed by atoms with van der Waals surface area (Å²) in [6.45, 7) is 0.718. The molecule has 1 unspecified atom stereocenters. The first-order valence-corrected chi connectivity index (χ1v) is 8.17. The lowest BCUT2D eigenvalue weighted by molar-refractivity contribution is -0.137. The Hall–Kier alpha value is -2.36. The second kappa shape index (κ2) is 6.82. The van der Waals surface area contributed by atoms with Gasteiger partial charge >= 0.3 is 5.97 Å². The van der Waals surface area contributed by atoms with Crippen LogP contribution in [0.2, 0.25) is 0 Å². The first-order chi connectivity index (χ1) is 11.1. The third-order valence-electron chi connectivity index (χ3n) is 4.58. The van der Waals surface area contributed by atoms with Gasteiger partial charge in [0.25, 0.3) is 5.91 Å². The van der Waals surface area contributed by atoms with Gasteiger partial charge in [-0.05, 0) is 48.6 Å². The van der Waals surface area contributed by atoms with E-state index in [0.717, 1.165) is 36.6 Å². The summed E-state index contributed by atoms with van der Waals surface area (Å²) in [5, 5.41) is 11.1. The molecule has 1 aliphatic heterocycles. The van der Waals surface area contributed by atoms with Crippen molar-refractivity contribution in [3.63, 3.8) is 0 Å². The molecule has 3 rings (SSSR count). The average molecular weight is 311 g/mol. The maximum atomic E-state index is 12.9. The fourth-order valence-corrected chi connectivity index (χ4v) is 3.35. The van der Waals surface area contributed by atoms with Crippen LogP contribution in [0.25, 0.3) is 10.8 Å². The molecule has 1 aliphatic rings. The lowest BCUT2D eigenvalue weighted by Gasteiger charge is -2.35. The number of hydrogen-bond acceptors (Lipinski definition) is 2. The van der Waals surface area contributed by atoms with Gasteiger partial charge in [-0.3, -0.25) is 9.59 Å². The predicted molar refractivity (Wildman–Crippen MR) is 89.5 cm³/mol. The van der Waals surface area contributed by atoms with Crippen molar-refractivity contribution in [1.82, 2.24) is 4.90 Å². The highest BCUT2D eigenvalue weighted by molar-refractivity contribution is 5.98. The van der Waals surface area contributed by atoms with E-state index < -0.39 is 5.97 Å². The van der Waals surface area contributed by atoms with Crippen molar-refractivity contribution in [2.24, 2.45) is 0 Å². The third-order valence-corrected chi connectivity index (χ3v) is 4.58. The summed E-state index contributed by atoms with van der Waals surface area (Å²) < 4.78 is 0. The van der Waals surface area contributed by atoms with E-state index in [0.29, 0.717) is 12.0 Å². The average Bonchev–Trinajstić information content (AvgIpc) is 2.59. The van der Waals surface area contributed by atoms with E-state index in [2.05, 4.69) is 0 Å². The summed E-state index contributed by atoms with van der Waals surface area (Å²) in [4.78, 5) is 25.6. The molecule has 23 heavy (non-hydrogen) atoms. The number of carbonyl (C=O) groups excluding carboxylic acids is 1. The Morgan fingerprint density at radius 1 is 1.09 bits per heavy atom. The number of carboxylic acids is 1. The molecule has 4 nitrogen and oxygen atoms in total. The van der Waals surface area contributed by atoms with Gasteiger partial charge in [0.1, 0.15) is 0 Å². The molecule has 0 aliphatic carbocycles. The molecular weight excluding hydrogens is 290 g/mol. The Labute approximate surface area is 135 Å². The van der Waals surface area contributed by atoms with E-state index in [4.69, 9.17) is 5.11 Å². The van der Waals surface area contributed by atoms with Crippen LogP contribution >= 0.6 is 0 Å². The highest BCUT2D eigenvalue weighted by Crippen LogP contribution is 2.24. The van der Waals surface area contributed by atoms with Crippen molar-refractivity contribution in [2.45, 2.75) is 38.1 Å². The quantitative estimate of drug-likeness (QED) is 0.936. The topological polar surface area (TPSA) is 57.6 Å². The number of hydrogen-bond donors (Lipinski definition) is 1. The number of carboxylic acid groups (broad SMARTS) is 1. The summed E-state index contributed by atoms with van der Waals surface area (Å²) in [6, 6.07) is 13.8. The summed E-state index contributed by atoms with van der Waals surface area (Å²) in [6.07, 6.45) is 3.60. The molecule has 1 saturated heterocycles. The molecule has 1 amide bonds. The van der Waals surface area contributed by atoms with Crippen molar-refractivity contribution < 1.29 is 14.7 Å². The molecule has 0 bridgehead atoms. The first kappa shape index (κ1) is 15.5. The van der Waals surface area contributed by atoms with E-state index in [1.807, 2.05) is 47.4 Å². The van der Waals surface area contributed by atoms with Gasteiger partial charge in [-0.15, -0.1) is 0 Å². The Kier molecular flexibility index (Phi) is 4.60. The SMILES string of the molecule is O=C(O)CCC1CCCCN1C(=O)c1ccc2ccccc2c1. The number of amides is 1. The minimum absolute atomic E-state index is 0.0193. The number of carbonyl (C=O) groups is 2. The van der Waals surface area contributed by atoms with Gasteiger partial charge in [-0.1, -0.05) is 30.3 Å². The van der Waals surface area contributed by atoms with Crippen LogP contribution < -0.4 is 0 Å². The summed E-state index contributed by atoms with van der Waals surface area (Å²) in [5.41, 5.74) is 0.686.